The summed E-state index contributed by atoms with van der Waals surface area (Å²) in [6.07, 6.45) is 0.823. The van der Waals surface area contributed by atoms with Gasteiger partial charge in [0, 0.05) is 12.1 Å². The van der Waals surface area contributed by atoms with Crippen molar-refractivity contribution in [1.82, 2.24) is 5.32 Å². The minimum atomic E-state index is -0.199. The molecule has 4 aromatic carbocycles. The van der Waals surface area contributed by atoms with Gasteiger partial charge in [-0.2, -0.15) is 0 Å². The molecule has 4 aromatic rings. The molecule has 1 N–H and O–H groups in total. The molecule has 7 heteroatoms. The molecule has 0 saturated heterocycles. The molecule has 40 heavy (non-hydrogen) atoms. The van der Waals surface area contributed by atoms with E-state index in [9.17, 15) is 0 Å². The largest absolute Gasteiger partial charge is 0.493 e. The molecular weight excluding hydrogens is 506 g/mol. The van der Waals surface area contributed by atoms with Crippen molar-refractivity contribution in [2.45, 2.75) is 25.7 Å². The van der Waals surface area contributed by atoms with Crippen LogP contribution in [0.5, 0.6) is 34.5 Å². The maximum absolute atomic E-state index is 6.32. The third-order valence-electron chi connectivity index (χ3n) is 7.05. The monoisotopic (exact) mass is 541 g/mol. The Kier molecular flexibility index (Phi) is 8.62. The van der Waals surface area contributed by atoms with E-state index in [1.807, 2.05) is 72.8 Å². The average Bonchev–Trinajstić information content (AvgIpc) is 3.02. The van der Waals surface area contributed by atoms with Crippen LogP contribution in [0.25, 0.3) is 0 Å². The Morgan fingerprint density at radius 3 is 1.68 bits per heavy atom. The predicted molar refractivity (Wildman–Crippen MR) is 154 cm³/mol. The zero-order valence-electron chi connectivity index (χ0n) is 23.4. The summed E-state index contributed by atoms with van der Waals surface area (Å²) in [4.78, 5) is 0. The van der Waals surface area contributed by atoms with E-state index < -0.39 is 0 Å². The SMILES string of the molecule is COc1cc(C2NCCc3cc(OC)c(OCc4ccccc4)c(OC)c32)cc(OC)c1OCc1ccccc1. The average molecular weight is 542 g/mol. The summed E-state index contributed by atoms with van der Waals surface area (Å²) in [7, 11) is 6.59. The van der Waals surface area contributed by atoms with Crippen LogP contribution in [0, 0.1) is 0 Å². The van der Waals surface area contributed by atoms with Gasteiger partial charge in [-0.25, -0.2) is 0 Å². The zero-order valence-corrected chi connectivity index (χ0v) is 23.4. The maximum Gasteiger partial charge on any atom is 0.204 e. The first-order valence-electron chi connectivity index (χ1n) is 13.3. The standard InChI is InChI=1S/C33H35NO6/c1-35-26-18-25(19-27(36-2)31(26)39-20-22-11-7-5-8-12-22)30-29-24(15-16-34-30)17-28(37-3)32(33(29)38-4)40-21-23-13-9-6-10-14-23/h5-14,17-19,30,34H,15-16,20-21H2,1-4H3. The van der Waals surface area contributed by atoms with Gasteiger partial charge in [0.2, 0.25) is 11.5 Å². The Morgan fingerprint density at radius 1 is 0.625 bits per heavy atom. The summed E-state index contributed by atoms with van der Waals surface area (Å²) in [5.41, 5.74) is 5.20. The van der Waals surface area contributed by atoms with Gasteiger partial charge in [0.25, 0.3) is 0 Å². The first-order valence-corrected chi connectivity index (χ1v) is 13.3. The fraction of sp³-hybridized carbons (Fsp3) is 0.273. The fourth-order valence-corrected chi connectivity index (χ4v) is 5.10. The summed E-state index contributed by atoms with van der Waals surface area (Å²) in [5.74, 6) is 3.60. The third-order valence-corrected chi connectivity index (χ3v) is 7.05. The summed E-state index contributed by atoms with van der Waals surface area (Å²) >= 11 is 0. The van der Waals surface area contributed by atoms with E-state index in [2.05, 4.69) is 11.4 Å². The van der Waals surface area contributed by atoms with Crippen LogP contribution in [0.15, 0.2) is 78.9 Å². The van der Waals surface area contributed by atoms with Crippen molar-refractivity contribution in [1.29, 1.82) is 0 Å². The predicted octanol–water partition coefficient (Wildman–Crippen LogP) is 6.11. The van der Waals surface area contributed by atoms with Crippen molar-refractivity contribution in [3.8, 4) is 34.5 Å². The van der Waals surface area contributed by atoms with E-state index in [1.165, 1.54) is 0 Å². The van der Waals surface area contributed by atoms with Crippen molar-refractivity contribution in [3.05, 3.63) is 107 Å². The molecule has 0 aliphatic carbocycles. The molecule has 208 valence electrons. The van der Waals surface area contributed by atoms with Gasteiger partial charge in [-0.15, -0.1) is 0 Å². The van der Waals surface area contributed by atoms with E-state index >= 15 is 0 Å². The van der Waals surface area contributed by atoms with Gasteiger partial charge >= 0.3 is 0 Å². The second-order valence-corrected chi connectivity index (χ2v) is 9.45. The van der Waals surface area contributed by atoms with Crippen LogP contribution in [0.1, 0.15) is 33.9 Å². The molecule has 0 bridgehead atoms. The highest BCUT2D eigenvalue weighted by Gasteiger charge is 2.31. The Hall–Kier alpha value is -4.36. The first kappa shape index (κ1) is 27.2. The van der Waals surface area contributed by atoms with Crippen LogP contribution in [0.4, 0.5) is 0 Å². The number of rotatable bonds is 11. The molecule has 0 spiro atoms. The molecule has 1 unspecified atom stereocenters. The number of methoxy groups -OCH3 is 4. The van der Waals surface area contributed by atoms with Gasteiger partial charge in [0.15, 0.2) is 23.0 Å². The Balaban J connectivity index is 1.53. The van der Waals surface area contributed by atoms with Crippen LogP contribution in [-0.4, -0.2) is 35.0 Å². The van der Waals surface area contributed by atoms with Crippen molar-refractivity contribution >= 4 is 0 Å². The second-order valence-electron chi connectivity index (χ2n) is 9.45. The van der Waals surface area contributed by atoms with Crippen LogP contribution in [0.3, 0.4) is 0 Å². The van der Waals surface area contributed by atoms with Gasteiger partial charge < -0.3 is 33.7 Å². The molecule has 0 radical (unpaired) electrons. The summed E-state index contributed by atoms with van der Waals surface area (Å²) < 4.78 is 35.9. The van der Waals surface area contributed by atoms with Gasteiger partial charge in [-0.1, -0.05) is 60.7 Å². The molecule has 5 rings (SSSR count). The minimum Gasteiger partial charge on any atom is -0.493 e. The molecule has 1 aliphatic rings. The molecule has 0 amide bonds. The minimum absolute atomic E-state index is 0.199. The van der Waals surface area contributed by atoms with E-state index in [0.717, 1.165) is 40.8 Å². The van der Waals surface area contributed by atoms with Crippen molar-refractivity contribution < 1.29 is 28.4 Å². The summed E-state index contributed by atoms with van der Waals surface area (Å²) in [6, 6.07) is 25.9. The molecule has 0 saturated carbocycles. The number of benzene rings is 4. The Bertz CT molecular complexity index is 1400. The highest BCUT2D eigenvalue weighted by atomic mass is 16.5. The zero-order chi connectivity index (χ0) is 27.9. The van der Waals surface area contributed by atoms with Crippen LogP contribution < -0.4 is 33.7 Å². The molecule has 1 heterocycles. The van der Waals surface area contributed by atoms with Crippen molar-refractivity contribution in [2.75, 3.05) is 35.0 Å². The lowest BCUT2D eigenvalue weighted by atomic mass is 9.88. The Morgan fingerprint density at radius 2 is 1.15 bits per heavy atom. The summed E-state index contributed by atoms with van der Waals surface area (Å²) in [6.45, 7) is 1.57. The number of ether oxygens (including phenoxy) is 6. The van der Waals surface area contributed by atoms with E-state index in [-0.39, 0.29) is 6.04 Å². The molecule has 0 fully saturated rings. The van der Waals surface area contributed by atoms with Gasteiger partial charge in [0.1, 0.15) is 13.2 Å². The first-order chi connectivity index (χ1) is 19.7. The maximum atomic E-state index is 6.32. The number of hydrogen-bond donors (Lipinski definition) is 1. The fourth-order valence-electron chi connectivity index (χ4n) is 5.10. The molecular formula is C33H35NO6. The molecule has 1 aliphatic heterocycles. The molecule has 7 nitrogen and oxygen atoms in total. The smallest absolute Gasteiger partial charge is 0.204 e. The highest BCUT2D eigenvalue weighted by molar-refractivity contribution is 5.64. The topological polar surface area (TPSA) is 67.4 Å². The lowest BCUT2D eigenvalue weighted by Gasteiger charge is -2.31. The normalized spacial score (nSPS) is 14.2. The number of hydrogen-bond acceptors (Lipinski definition) is 7. The van der Waals surface area contributed by atoms with Gasteiger partial charge in [0.05, 0.1) is 34.5 Å². The third kappa shape index (κ3) is 5.65. The molecule has 0 aromatic heterocycles. The quantitative estimate of drug-likeness (QED) is 0.246. The van der Waals surface area contributed by atoms with E-state index in [4.69, 9.17) is 28.4 Å². The van der Waals surface area contributed by atoms with Crippen molar-refractivity contribution in [2.24, 2.45) is 0 Å². The van der Waals surface area contributed by atoms with Crippen molar-refractivity contribution in [3.63, 3.8) is 0 Å². The van der Waals surface area contributed by atoms with Crippen LogP contribution in [0.2, 0.25) is 0 Å². The highest BCUT2D eigenvalue weighted by Crippen LogP contribution is 2.49. The van der Waals surface area contributed by atoms with Crippen LogP contribution in [-0.2, 0) is 19.6 Å². The lowest BCUT2D eigenvalue weighted by molar-refractivity contribution is 0.262. The Labute approximate surface area is 235 Å². The van der Waals surface area contributed by atoms with E-state index in [0.29, 0.717) is 47.7 Å². The second kappa shape index (κ2) is 12.7. The summed E-state index contributed by atoms with van der Waals surface area (Å²) in [5, 5.41) is 3.66. The van der Waals surface area contributed by atoms with Gasteiger partial charge in [-0.3, -0.25) is 0 Å². The van der Waals surface area contributed by atoms with Crippen LogP contribution >= 0.6 is 0 Å². The lowest BCUT2D eigenvalue weighted by Crippen LogP contribution is -2.31. The number of fused-ring (bicyclic) bond motifs is 1. The van der Waals surface area contributed by atoms with Gasteiger partial charge in [-0.05, 0) is 46.9 Å². The molecule has 1 atom stereocenters. The van der Waals surface area contributed by atoms with E-state index in [1.54, 1.807) is 28.4 Å². The number of nitrogens with one attached hydrogen (secondary N) is 1.